The number of benzene rings is 3. The van der Waals surface area contributed by atoms with Gasteiger partial charge in [-0.15, -0.1) is 0 Å². The van der Waals surface area contributed by atoms with Crippen molar-refractivity contribution in [1.82, 2.24) is 0 Å². The molecule has 1 aromatic heterocycles. The Morgan fingerprint density at radius 3 is 2.63 bits per heavy atom. The smallest absolute Gasteiger partial charge is 0.204 e. The predicted molar refractivity (Wildman–Crippen MR) is 106 cm³/mol. The van der Waals surface area contributed by atoms with Gasteiger partial charge in [0.2, 0.25) is 5.43 Å². The lowest BCUT2D eigenvalue weighted by Crippen LogP contribution is -2.04. The number of anilines is 1. The highest BCUT2D eigenvalue weighted by Gasteiger charge is 2.14. The summed E-state index contributed by atoms with van der Waals surface area (Å²) in [5, 5.41) is 24.8. The van der Waals surface area contributed by atoms with Crippen molar-refractivity contribution in [3.05, 3.63) is 75.4 Å². The van der Waals surface area contributed by atoms with Gasteiger partial charge in [0.25, 0.3) is 0 Å². The van der Waals surface area contributed by atoms with Crippen LogP contribution in [0, 0.1) is 0 Å². The quantitative estimate of drug-likeness (QED) is 0.277. The molecule has 4 rings (SSSR count). The molecule has 0 saturated carbocycles. The molecular formula is C20H13ClN2O4. The minimum atomic E-state index is -0.385. The molecule has 0 aliphatic rings. The van der Waals surface area contributed by atoms with Crippen LogP contribution in [0.1, 0.15) is 5.56 Å². The second-order valence-electron chi connectivity index (χ2n) is 5.87. The molecule has 0 aliphatic heterocycles. The van der Waals surface area contributed by atoms with Gasteiger partial charge in [-0.2, -0.15) is 5.10 Å². The Kier molecular flexibility index (Phi) is 4.18. The summed E-state index contributed by atoms with van der Waals surface area (Å²) in [5.74, 6) is -0.526. The van der Waals surface area contributed by atoms with E-state index in [1.165, 1.54) is 12.3 Å². The summed E-state index contributed by atoms with van der Waals surface area (Å²) in [6.07, 6.45) is 1.52. The van der Waals surface area contributed by atoms with Gasteiger partial charge in [-0.3, -0.25) is 10.2 Å². The van der Waals surface area contributed by atoms with Gasteiger partial charge in [-0.05, 0) is 36.4 Å². The fourth-order valence-corrected chi connectivity index (χ4v) is 2.92. The number of phenols is 2. The molecule has 6 nitrogen and oxygen atoms in total. The van der Waals surface area contributed by atoms with E-state index in [4.69, 9.17) is 16.0 Å². The number of aromatic hydroxyl groups is 2. The summed E-state index contributed by atoms with van der Waals surface area (Å²) in [4.78, 5) is 12.7. The lowest BCUT2D eigenvalue weighted by molar-refractivity contribution is 0.453. The van der Waals surface area contributed by atoms with Gasteiger partial charge in [0.05, 0.1) is 17.3 Å². The highest BCUT2D eigenvalue weighted by molar-refractivity contribution is 6.30. The van der Waals surface area contributed by atoms with Crippen LogP contribution in [0.25, 0.3) is 21.9 Å². The van der Waals surface area contributed by atoms with E-state index in [9.17, 15) is 15.0 Å². The number of hydrogen-bond acceptors (Lipinski definition) is 6. The average Bonchev–Trinajstić information content (AvgIpc) is 2.63. The van der Waals surface area contributed by atoms with Crippen LogP contribution >= 0.6 is 11.6 Å². The molecule has 134 valence electrons. The number of hydrazone groups is 1. The molecule has 3 aromatic carbocycles. The molecule has 7 heteroatoms. The molecule has 27 heavy (non-hydrogen) atoms. The van der Waals surface area contributed by atoms with E-state index in [0.29, 0.717) is 21.6 Å². The number of halogens is 1. The predicted octanol–water partition coefficient (Wildman–Crippen LogP) is 4.46. The standard InChI is InChI=1S/C20H13ClN2O4/c21-12-4-6-13(7-5-12)23-22-10-11-2-1-3-15-19(26)18-16(25)8-14(24)9-17(18)27-20(11)15/h1-10,23-25H/b22-10+. The molecule has 4 aromatic rings. The molecule has 0 atom stereocenters. The van der Waals surface area contributed by atoms with Crippen LogP contribution in [0.3, 0.4) is 0 Å². The lowest BCUT2D eigenvalue weighted by atomic mass is 10.1. The molecular weight excluding hydrogens is 368 g/mol. The van der Waals surface area contributed by atoms with Gasteiger partial charge >= 0.3 is 0 Å². The Labute approximate surface area is 157 Å². The Bertz CT molecular complexity index is 1250. The summed E-state index contributed by atoms with van der Waals surface area (Å²) >= 11 is 5.85. The van der Waals surface area contributed by atoms with Crippen molar-refractivity contribution in [2.45, 2.75) is 0 Å². The maximum Gasteiger partial charge on any atom is 0.204 e. The van der Waals surface area contributed by atoms with Crippen molar-refractivity contribution in [2.24, 2.45) is 5.10 Å². The van der Waals surface area contributed by atoms with Gasteiger partial charge in [0.15, 0.2) is 0 Å². The largest absolute Gasteiger partial charge is 0.508 e. The van der Waals surface area contributed by atoms with Crippen LogP contribution in [-0.2, 0) is 0 Å². The number of nitrogens with zero attached hydrogens (tertiary/aromatic N) is 1. The molecule has 0 aliphatic carbocycles. The normalized spacial score (nSPS) is 11.4. The Morgan fingerprint density at radius 1 is 1.07 bits per heavy atom. The fraction of sp³-hybridized carbons (Fsp3) is 0. The maximum absolute atomic E-state index is 12.7. The van der Waals surface area contributed by atoms with E-state index in [1.54, 1.807) is 42.5 Å². The van der Waals surface area contributed by atoms with Crippen molar-refractivity contribution in [3.8, 4) is 11.5 Å². The highest BCUT2D eigenvalue weighted by Crippen LogP contribution is 2.30. The second kappa shape index (κ2) is 6.66. The van der Waals surface area contributed by atoms with E-state index in [1.807, 2.05) is 0 Å². The monoisotopic (exact) mass is 380 g/mol. The minimum Gasteiger partial charge on any atom is -0.508 e. The zero-order valence-corrected chi connectivity index (χ0v) is 14.6. The number of para-hydroxylation sites is 1. The zero-order valence-electron chi connectivity index (χ0n) is 13.8. The van der Waals surface area contributed by atoms with Crippen LogP contribution < -0.4 is 10.9 Å². The molecule has 0 radical (unpaired) electrons. The maximum atomic E-state index is 12.7. The van der Waals surface area contributed by atoms with Crippen molar-refractivity contribution in [3.63, 3.8) is 0 Å². The van der Waals surface area contributed by atoms with E-state index in [2.05, 4.69) is 10.5 Å². The first-order valence-corrected chi connectivity index (χ1v) is 8.37. The molecule has 0 unspecified atom stereocenters. The molecule has 0 fully saturated rings. The lowest BCUT2D eigenvalue weighted by Gasteiger charge is -2.06. The number of fused-ring (bicyclic) bond motifs is 2. The third-order valence-electron chi connectivity index (χ3n) is 4.04. The third-order valence-corrected chi connectivity index (χ3v) is 4.29. The van der Waals surface area contributed by atoms with E-state index in [-0.39, 0.29) is 27.9 Å². The summed E-state index contributed by atoms with van der Waals surface area (Å²) in [6.45, 7) is 0. The Hall–Kier alpha value is -3.51. The number of nitrogens with one attached hydrogen (secondary N) is 1. The van der Waals surface area contributed by atoms with Crippen molar-refractivity contribution in [1.29, 1.82) is 0 Å². The van der Waals surface area contributed by atoms with E-state index in [0.717, 1.165) is 11.8 Å². The molecule has 3 N–H and O–H groups in total. The number of rotatable bonds is 3. The SMILES string of the molecule is O=c1c2cccc(/C=N/Nc3ccc(Cl)cc3)c2oc2cc(O)cc(O)c12. The van der Waals surface area contributed by atoms with Crippen LogP contribution in [-0.4, -0.2) is 16.4 Å². The van der Waals surface area contributed by atoms with E-state index >= 15 is 0 Å². The summed E-state index contributed by atoms with van der Waals surface area (Å²) in [7, 11) is 0. The third kappa shape index (κ3) is 3.18. The zero-order chi connectivity index (χ0) is 19.0. The minimum absolute atomic E-state index is 0.0219. The van der Waals surface area contributed by atoms with Gasteiger partial charge < -0.3 is 14.6 Å². The van der Waals surface area contributed by atoms with Crippen molar-refractivity contribution in [2.75, 3.05) is 5.43 Å². The number of hydrogen-bond donors (Lipinski definition) is 3. The van der Waals surface area contributed by atoms with Gasteiger partial charge in [0, 0.05) is 22.7 Å². The Morgan fingerprint density at radius 2 is 1.85 bits per heavy atom. The first-order chi connectivity index (χ1) is 13.0. The van der Waals surface area contributed by atoms with Crippen molar-refractivity contribution < 1.29 is 14.6 Å². The number of phenolic OH excluding ortho intramolecular Hbond substituents is 2. The van der Waals surface area contributed by atoms with Gasteiger partial charge in [-0.25, -0.2) is 0 Å². The summed E-state index contributed by atoms with van der Waals surface area (Å²) < 4.78 is 5.78. The highest BCUT2D eigenvalue weighted by atomic mass is 35.5. The molecule has 0 bridgehead atoms. The molecule has 0 saturated heterocycles. The summed E-state index contributed by atoms with van der Waals surface area (Å²) in [5.41, 5.74) is 4.20. The van der Waals surface area contributed by atoms with E-state index < -0.39 is 0 Å². The van der Waals surface area contributed by atoms with Crippen LogP contribution in [0.15, 0.2) is 68.9 Å². The Balaban J connectivity index is 1.80. The van der Waals surface area contributed by atoms with Crippen LogP contribution in [0.4, 0.5) is 5.69 Å². The second-order valence-corrected chi connectivity index (χ2v) is 6.31. The van der Waals surface area contributed by atoms with Gasteiger partial charge in [0.1, 0.15) is 28.1 Å². The first kappa shape index (κ1) is 16.9. The van der Waals surface area contributed by atoms with Gasteiger partial charge in [-0.1, -0.05) is 17.7 Å². The van der Waals surface area contributed by atoms with Crippen LogP contribution in [0.5, 0.6) is 11.5 Å². The molecule has 0 amide bonds. The first-order valence-electron chi connectivity index (χ1n) is 7.99. The molecule has 1 heterocycles. The van der Waals surface area contributed by atoms with Crippen molar-refractivity contribution >= 4 is 45.4 Å². The molecule has 0 spiro atoms. The average molecular weight is 381 g/mol. The summed E-state index contributed by atoms with van der Waals surface area (Å²) in [6, 6.07) is 14.5. The van der Waals surface area contributed by atoms with Crippen LogP contribution in [0.2, 0.25) is 5.02 Å². The fourth-order valence-electron chi connectivity index (χ4n) is 2.79. The topological polar surface area (TPSA) is 95.1 Å².